The number of hydrogen-bond acceptors (Lipinski definition) is 6. The van der Waals surface area contributed by atoms with E-state index in [0.29, 0.717) is 22.5 Å². The summed E-state index contributed by atoms with van der Waals surface area (Å²) in [5.74, 6) is 0.527. The van der Waals surface area contributed by atoms with E-state index >= 15 is 0 Å². The summed E-state index contributed by atoms with van der Waals surface area (Å²) in [5.41, 5.74) is 5.70. The van der Waals surface area contributed by atoms with Gasteiger partial charge < -0.3 is 21.1 Å². The van der Waals surface area contributed by atoms with E-state index in [1.54, 1.807) is 7.05 Å². The first-order chi connectivity index (χ1) is 8.70. The molecule has 1 fully saturated rings. The number of anilines is 2. The number of ether oxygens (including phenoxy) is 1. The van der Waals surface area contributed by atoms with Gasteiger partial charge in [-0.15, -0.1) is 0 Å². The molecule has 100 valence electrons. The molecule has 0 spiro atoms. The van der Waals surface area contributed by atoms with Crippen LogP contribution in [-0.2, 0) is 4.74 Å². The normalized spacial score (nSPS) is 19.5. The topological polar surface area (TPSA) is 89.3 Å². The number of rotatable bonds is 4. The molecule has 2 rings (SSSR count). The van der Waals surface area contributed by atoms with E-state index in [9.17, 15) is 4.79 Å². The minimum atomic E-state index is -0.155. The molecule has 1 atom stereocenters. The van der Waals surface area contributed by atoms with Gasteiger partial charge in [0.1, 0.15) is 10.7 Å². The van der Waals surface area contributed by atoms with Crippen molar-refractivity contribution >= 4 is 28.2 Å². The molecule has 1 amide bonds. The second-order valence-corrected chi connectivity index (χ2v) is 5.28. The molecule has 0 aromatic carbocycles. The molecule has 1 unspecified atom stereocenters. The Hall–Kier alpha value is -1.34. The molecular weight excluding hydrogens is 252 g/mol. The van der Waals surface area contributed by atoms with E-state index in [4.69, 9.17) is 10.5 Å². The van der Waals surface area contributed by atoms with E-state index in [2.05, 4.69) is 15.6 Å². The summed E-state index contributed by atoms with van der Waals surface area (Å²) in [4.78, 5) is 16.5. The monoisotopic (exact) mass is 270 g/mol. The van der Waals surface area contributed by atoms with Crippen molar-refractivity contribution in [2.75, 3.05) is 37.9 Å². The summed E-state index contributed by atoms with van der Waals surface area (Å²) < 4.78 is 5.37. The molecule has 0 bridgehead atoms. The second kappa shape index (κ2) is 6.01. The van der Waals surface area contributed by atoms with Crippen LogP contribution >= 0.6 is 11.3 Å². The lowest BCUT2D eigenvalue weighted by molar-refractivity contribution is 0.0537. The predicted octanol–water partition coefficient (Wildman–Crippen LogP) is 0.923. The molecule has 0 radical (unpaired) electrons. The number of amides is 1. The zero-order chi connectivity index (χ0) is 13.0. The van der Waals surface area contributed by atoms with Crippen LogP contribution in [0.15, 0.2) is 0 Å². The largest absolute Gasteiger partial charge is 0.382 e. The van der Waals surface area contributed by atoms with Crippen LogP contribution in [0, 0.1) is 5.92 Å². The maximum atomic E-state index is 11.9. The highest BCUT2D eigenvalue weighted by Crippen LogP contribution is 2.24. The number of carbonyl (C=O) groups excluding carboxylic acids is 1. The summed E-state index contributed by atoms with van der Waals surface area (Å²) >= 11 is 1.26. The van der Waals surface area contributed by atoms with Gasteiger partial charge in [-0.3, -0.25) is 4.79 Å². The molecule has 18 heavy (non-hydrogen) atoms. The molecule has 2 heterocycles. The third kappa shape index (κ3) is 3.11. The number of hydrogen-bond donors (Lipinski definition) is 3. The Balaban J connectivity index is 1.88. The van der Waals surface area contributed by atoms with Crippen molar-refractivity contribution in [1.82, 2.24) is 10.3 Å². The number of nitrogen functional groups attached to an aromatic ring is 1. The van der Waals surface area contributed by atoms with Crippen LogP contribution in [0.2, 0.25) is 0 Å². The first-order valence-corrected chi connectivity index (χ1v) is 6.82. The summed E-state index contributed by atoms with van der Waals surface area (Å²) in [6, 6.07) is 0. The number of nitrogens with one attached hydrogen (secondary N) is 2. The maximum Gasteiger partial charge on any atom is 0.265 e. The Morgan fingerprint density at radius 1 is 1.67 bits per heavy atom. The van der Waals surface area contributed by atoms with Gasteiger partial charge in [0.2, 0.25) is 0 Å². The molecule has 1 aromatic heterocycles. The van der Waals surface area contributed by atoms with Crippen molar-refractivity contribution in [2.45, 2.75) is 12.8 Å². The van der Waals surface area contributed by atoms with Gasteiger partial charge in [0.15, 0.2) is 5.13 Å². The zero-order valence-electron chi connectivity index (χ0n) is 10.4. The smallest absolute Gasteiger partial charge is 0.265 e. The minimum Gasteiger partial charge on any atom is -0.382 e. The number of nitrogens with two attached hydrogens (primary N) is 1. The first kappa shape index (κ1) is 13.1. The average Bonchev–Trinajstić information content (AvgIpc) is 2.78. The van der Waals surface area contributed by atoms with Gasteiger partial charge in [0.25, 0.3) is 5.91 Å². The van der Waals surface area contributed by atoms with Crippen LogP contribution in [0.4, 0.5) is 10.9 Å². The quantitative estimate of drug-likeness (QED) is 0.757. The fraction of sp³-hybridized carbons (Fsp3) is 0.636. The van der Waals surface area contributed by atoms with E-state index in [1.165, 1.54) is 11.3 Å². The Labute approximate surface area is 110 Å². The van der Waals surface area contributed by atoms with Gasteiger partial charge in [-0.1, -0.05) is 11.3 Å². The third-order valence-electron chi connectivity index (χ3n) is 2.88. The summed E-state index contributed by atoms with van der Waals surface area (Å²) in [6.07, 6.45) is 2.16. The van der Waals surface area contributed by atoms with Crippen molar-refractivity contribution < 1.29 is 9.53 Å². The van der Waals surface area contributed by atoms with E-state index in [1.807, 2.05) is 0 Å². The Morgan fingerprint density at radius 3 is 3.11 bits per heavy atom. The molecule has 0 aliphatic carbocycles. The van der Waals surface area contributed by atoms with Crippen LogP contribution in [0.25, 0.3) is 0 Å². The Morgan fingerprint density at radius 2 is 2.50 bits per heavy atom. The van der Waals surface area contributed by atoms with Gasteiger partial charge in [0.05, 0.1) is 6.61 Å². The van der Waals surface area contributed by atoms with Crippen LogP contribution in [0.5, 0.6) is 0 Å². The lowest BCUT2D eigenvalue weighted by atomic mass is 10.0. The van der Waals surface area contributed by atoms with E-state index in [-0.39, 0.29) is 11.7 Å². The van der Waals surface area contributed by atoms with E-state index < -0.39 is 0 Å². The average molecular weight is 270 g/mol. The zero-order valence-corrected chi connectivity index (χ0v) is 11.2. The molecule has 0 saturated carbocycles. The molecule has 7 heteroatoms. The van der Waals surface area contributed by atoms with Gasteiger partial charge >= 0.3 is 0 Å². The van der Waals surface area contributed by atoms with E-state index in [0.717, 1.165) is 26.1 Å². The summed E-state index contributed by atoms with van der Waals surface area (Å²) in [6.45, 7) is 2.18. The summed E-state index contributed by atoms with van der Waals surface area (Å²) in [5, 5.41) is 6.42. The van der Waals surface area contributed by atoms with Crippen molar-refractivity contribution in [3.8, 4) is 0 Å². The van der Waals surface area contributed by atoms with Gasteiger partial charge in [-0.25, -0.2) is 4.98 Å². The molecule has 4 N–H and O–H groups in total. The molecule has 1 aliphatic rings. The van der Waals surface area contributed by atoms with Gasteiger partial charge in [-0.2, -0.15) is 0 Å². The molecule has 6 nitrogen and oxygen atoms in total. The molecule has 1 aromatic rings. The summed E-state index contributed by atoms with van der Waals surface area (Å²) in [7, 11) is 1.75. The fourth-order valence-corrected chi connectivity index (χ4v) is 2.64. The van der Waals surface area contributed by atoms with Crippen LogP contribution in [-0.4, -0.2) is 37.7 Å². The predicted molar refractivity (Wildman–Crippen MR) is 71.9 cm³/mol. The Bertz CT molecular complexity index is 415. The lowest BCUT2D eigenvalue weighted by Crippen LogP contribution is -2.33. The number of thiazole rings is 1. The third-order valence-corrected chi connectivity index (χ3v) is 3.97. The molecular formula is C11H18N4O2S. The first-order valence-electron chi connectivity index (χ1n) is 6.00. The van der Waals surface area contributed by atoms with Crippen LogP contribution in [0.3, 0.4) is 0 Å². The number of aromatic nitrogens is 1. The standard InChI is InChI=1S/C11H18N4O2S/c1-13-11-15-9(12)8(18-11)10(16)14-5-7-3-2-4-17-6-7/h7H,2-6,12H2,1H3,(H,13,15)(H,14,16). The number of carbonyl (C=O) groups is 1. The Kier molecular flexibility index (Phi) is 4.38. The van der Waals surface area contributed by atoms with Crippen LogP contribution in [0.1, 0.15) is 22.5 Å². The fourth-order valence-electron chi connectivity index (χ4n) is 1.89. The van der Waals surface area contributed by atoms with Crippen LogP contribution < -0.4 is 16.4 Å². The van der Waals surface area contributed by atoms with Crippen molar-refractivity contribution in [2.24, 2.45) is 5.92 Å². The molecule has 1 saturated heterocycles. The maximum absolute atomic E-state index is 11.9. The molecule has 1 aliphatic heterocycles. The van der Waals surface area contributed by atoms with Crippen molar-refractivity contribution in [1.29, 1.82) is 0 Å². The van der Waals surface area contributed by atoms with Crippen molar-refractivity contribution in [3.05, 3.63) is 4.88 Å². The minimum absolute atomic E-state index is 0.155. The SMILES string of the molecule is CNc1nc(N)c(C(=O)NCC2CCCOC2)s1. The highest BCUT2D eigenvalue weighted by Gasteiger charge is 2.18. The van der Waals surface area contributed by atoms with Crippen molar-refractivity contribution in [3.63, 3.8) is 0 Å². The number of nitrogens with zero attached hydrogens (tertiary/aromatic N) is 1. The van der Waals surface area contributed by atoms with Gasteiger partial charge in [0, 0.05) is 20.2 Å². The highest BCUT2D eigenvalue weighted by atomic mass is 32.1. The second-order valence-electron chi connectivity index (χ2n) is 4.28. The lowest BCUT2D eigenvalue weighted by Gasteiger charge is -2.21. The highest BCUT2D eigenvalue weighted by molar-refractivity contribution is 7.18. The van der Waals surface area contributed by atoms with Gasteiger partial charge in [-0.05, 0) is 18.8 Å².